The van der Waals surface area contributed by atoms with E-state index >= 15 is 0 Å². The zero-order chi connectivity index (χ0) is 39.5. The molecule has 0 saturated heterocycles. The second kappa shape index (κ2) is 43.4. The summed E-state index contributed by atoms with van der Waals surface area (Å²) in [6.07, 6.45) is 46.8. The third-order valence-electron chi connectivity index (χ3n) is 10.2. The first-order chi connectivity index (χ1) is 26.4. The molecule has 0 aromatic heterocycles. The second-order valence-electron chi connectivity index (χ2n) is 15.6. The largest absolute Gasteiger partial charge is 0.472 e. The number of hydrogen-bond acceptors (Lipinski definition) is 7. The predicted octanol–water partition coefficient (Wildman–Crippen LogP) is 13.9. The number of esters is 1. The van der Waals surface area contributed by atoms with E-state index < -0.39 is 13.9 Å². The first kappa shape index (κ1) is 53.2. The van der Waals surface area contributed by atoms with Gasteiger partial charge in [-0.2, -0.15) is 0 Å². The molecule has 0 aromatic carbocycles. The first-order valence-electron chi connectivity index (χ1n) is 23.2. The molecule has 322 valence electrons. The molecule has 0 aliphatic rings. The Kier molecular flexibility index (Phi) is 42.8. The smallest absolute Gasteiger partial charge is 0.457 e. The maximum Gasteiger partial charge on any atom is 0.472 e. The molecule has 9 heteroatoms. The molecule has 2 unspecified atom stereocenters. The van der Waals surface area contributed by atoms with Crippen LogP contribution in [0.3, 0.4) is 0 Å². The van der Waals surface area contributed by atoms with Crippen molar-refractivity contribution in [2.75, 3.05) is 33.0 Å². The van der Waals surface area contributed by atoms with Gasteiger partial charge in [0.1, 0.15) is 6.10 Å². The van der Waals surface area contributed by atoms with Crippen molar-refractivity contribution in [1.82, 2.24) is 0 Å². The van der Waals surface area contributed by atoms with Crippen LogP contribution in [0.5, 0.6) is 0 Å². The lowest BCUT2D eigenvalue weighted by molar-refractivity contribution is -0.154. The van der Waals surface area contributed by atoms with Gasteiger partial charge in [0.05, 0.1) is 19.8 Å². The highest BCUT2D eigenvalue weighted by Gasteiger charge is 2.25. The number of phosphoric acid groups is 1. The van der Waals surface area contributed by atoms with E-state index in [2.05, 4.69) is 26.0 Å². The molecule has 0 rings (SSSR count). The lowest BCUT2D eigenvalue weighted by Crippen LogP contribution is -2.28. The Morgan fingerprint density at radius 1 is 0.537 bits per heavy atom. The third-order valence-corrected chi connectivity index (χ3v) is 11.1. The summed E-state index contributed by atoms with van der Waals surface area (Å²) in [7, 11) is -4.27. The van der Waals surface area contributed by atoms with Crippen LogP contribution in [0.4, 0.5) is 0 Å². The van der Waals surface area contributed by atoms with Gasteiger partial charge in [-0.1, -0.05) is 206 Å². The van der Waals surface area contributed by atoms with Crippen LogP contribution in [0.25, 0.3) is 0 Å². The molecule has 0 amide bonds. The lowest BCUT2D eigenvalue weighted by atomic mass is 10.0. The molecular formula is C45H90NO7P. The molecule has 2 atom stereocenters. The molecule has 0 aliphatic heterocycles. The van der Waals surface area contributed by atoms with Crippen LogP contribution in [0.2, 0.25) is 0 Å². The zero-order valence-electron chi connectivity index (χ0n) is 35.7. The van der Waals surface area contributed by atoms with Gasteiger partial charge in [-0.15, -0.1) is 0 Å². The van der Waals surface area contributed by atoms with Gasteiger partial charge in [0.2, 0.25) is 0 Å². The minimum atomic E-state index is -4.27. The van der Waals surface area contributed by atoms with Crippen LogP contribution in [0.1, 0.15) is 232 Å². The van der Waals surface area contributed by atoms with Crippen molar-refractivity contribution in [3.8, 4) is 0 Å². The van der Waals surface area contributed by atoms with E-state index in [1.165, 1.54) is 180 Å². The molecule has 8 nitrogen and oxygen atoms in total. The Hall–Kier alpha value is -0.760. The summed E-state index contributed by atoms with van der Waals surface area (Å²) in [6.45, 7) is 4.90. The normalized spacial score (nSPS) is 13.5. The number of rotatable bonds is 45. The van der Waals surface area contributed by atoms with Crippen LogP contribution in [0, 0.1) is 0 Å². The number of phosphoric ester groups is 1. The Bertz CT molecular complexity index is 843. The summed E-state index contributed by atoms with van der Waals surface area (Å²) in [5.41, 5.74) is 5.37. The molecule has 3 N–H and O–H groups in total. The third kappa shape index (κ3) is 42.4. The van der Waals surface area contributed by atoms with Crippen molar-refractivity contribution in [2.45, 2.75) is 238 Å². The maximum absolute atomic E-state index is 12.6. The second-order valence-corrected chi connectivity index (χ2v) is 17.1. The van der Waals surface area contributed by atoms with Crippen LogP contribution in [-0.4, -0.2) is 49.9 Å². The first-order valence-corrected chi connectivity index (χ1v) is 24.7. The van der Waals surface area contributed by atoms with Crippen molar-refractivity contribution in [3.05, 3.63) is 12.2 Å². The number of allylic oxidation sites excluding steroid dienone is 2. The Balaban J connectivity index is 3.85. The Morgan fingerprint density at radius 2 is 0.963 bits per heavy atom. The van der Waals surface area contributed by atoms with Crippen LogP contribution in [-0.2, 0) is 27.9 Å². The maximum atomic E-state index is 12.6. The van der Waals surface area contributed by atoms with Crippen LogP contribution in [0.15, 0.2) is 12.2 Å². The average molecular weight is 788 g/mol. The molecule has 0 aromatic rings. The highest BCUT2D eigenvalue weighted by molar-refractivity contribution is 7.47. The molecule has 0 fully saturated rings. The number of ether oxygens (including phenoxy) is 2. The molecular weight excluding hydrogens is 697 g/mol. The minimum absolute atomic E-state index is 0.0934. The van der Waals surface area contributed by atoms with Gasteiger partial charge >= 0.3 is 13.8 Å². The van der Waals surface area contributed by atoms with E-state index in [-0.39, 0.29) is 32.3 Å². The van der Waals surface area contributed by atoms with Gasteiger partial charge < -0.3 is 20.1 Å². The number of carbonyl (C=O) groups excluding carboxylic acids is 1. The molecule has 0 aliphatic carbocycles. The van der Waals surface area contributed by atoms with Gasteiger partial charge in [0, 0.05) is 19.6 Å². The summed E-state index contributed by atoms with van der Waals surface area (Å²) in [6, 6.07) is 0. The fourth-order valence-electron chi connectivity index (χ4n) is 6.77. The molecule has 0 bridgehead atoms. The number of unbranched alkanes of at least 4 members (excludes halogenated alkanes) is 30. The van der Waals surface area contributed by atoms with E-state index in [1.807, 2.05) is 0 Å². The summed E-state index contributed by atoms with van der Waals surface area (Å²) in [4.78, 5) is 22.5. The summed E-state index contributed by atoms with van der Waals surface area (Å²) in [5.74, 6) is -0.328. The highest BCUT2D eigenvalue weighted by Crippen LogP contribution is 2.43. The van der Waals surface area contributed by atoms with E-state index in [0.29, 0.717) is 13.0 Å². The summed E-state index contributed by atoms with van der Waals surface area (Å²) >= 11 is 0. The topological polar surface area (TPSA) is 117 Å². The molecule has 0 heterocycles. The SMILES string of the molecule is CCC/C=C\CCCCCCCCOCC(COP(=O)(O)OCCN)OC(=O)CCCCCCCCCCCCCCCCCCCCCCCCCC. The van der Waals surface area contributed by atoms with E-state index in [0.717, 1.165) is 32.1 Å². The van der Waals surface area contributed by atoms with E-state index in [1.54, 1.807) is 0 Å². The number of nitrogens with two attached hydrogens (primary N) is 1. The van der Waals surface area contributed by atoms with Gasteiger partial charge in [-0.25, -0.2) is 4.57 Å². The van der Waals surface area contributed by atoms with Crippen molar-refractivity contribution in [1.29, 1.82) is 0 Å². The number of hydrogen-bond donors (Lipinski definition) is 2. The molecule has 0 saturated carbocycles. The van der Waals surface area contributed by atoms with Crippen molar-refractivity contribution in [3.63, 3.8) is 0 Å². The lowest BCUT2D eigenvalue weighted by Gasteiger charge is -2.20. The standard InChI is InChI=1S/C45H90NO7P/c1-3-5-7-9-11-13-15-16-17-18-19-20-21-22-23-24-25-26-27-28-30-32-34-36-38-45(47)53-44(43-52-54(48,49)51-41-39-46)42-50-40-37-35-33-31-29-14-12-10-8-6-4-2/h8,10,44H,3-7,9,11-43,46H2,1-2H3,(H,48,49)/b10-8-. The van der Waals surface area contributed by atoms with Crippen molar-refractivity contribution >= 4 is 13.8 Å². The molecule has 0 radical (unpaired) electrons. The Labute approximate surface area is 334 Å². The highest BCUT2D eigenvalue weighted by atomic mass is 31.2. The van der Waals surface area contributed by atoms with Crippen molar-refractivity contribution < 1.29 is 32.8 Å². The fourth-order valence-corrected chi connectivity index (χ4v) is 7.53. The fraction of sp³-hybridized carbons (Fsp3) is 0.933. The van der Waals surface area contributed by atoms with Gasteiger partial charge in [-0.3, -0.25) is 13.8 Å². The Morgan fingerprint density at radius 3 is 1.43 bits per heavy atom. The van der Waals surface area contributed by atoms with Gasteiger partial charge in [0.25, 0.3) is 0 Å². The number of carbonyl (C=O) groups is 1. The molecule has 0 spiro atoms. The van der Waals surface area contributed by atoms with Gasteiger partial charge in [0.15, 0.2) is 0 Å². The molecule has 54 heavy (non-hydrogen) atoms. The quantitative estimate of drug-likeness (QED) is 0.0271. The van der Waals surface area contributed by atoms with E-state index in [4.69, 9.17) is 24.3 Å². The summed E-state index contributed by atoms with van der Waals surface area (Å²) in [5, 5.41) is 0. The minimum Gasteiger partial charge on any atom is -0.457 e. The zero-order valence-corrected chi connectivity index (χ0v) is 36.6. The van der Waals surface area contributed by atoms with Crippen LogP contribution < -0.4 is 5.73 Å². The summed E-state index contributed by atoms with van der Waals surface area (Å²) < 4.78 is 33.4. The van der Waals surface area contributed by atoms with Crippen molar-refractivity contribution in [2.24, 2.45) is 5.73 Å². The van der Waals surface area contributed by atoms with E-state index in [9.17, 15) is 14.3 Å². The average Bonchev–Trinajstić information content (AvgIpc) is 3.16. The predicted molar refractivity (Wildman–Crippen MR) is 229 cm³/mol. The monoisotopic (exact) mass is 788 g/mol. The van der Waals surface area contributed by atoms with Gasteiger partial charge in [-0.05, 0) is 32.1 Å². The van der Waals surface area contributed by atoms with Crippen LogP contribution >= 0.6 is 7.82 Å².